The van der Waals surface area contributed by atoms with Crippen LogP contribution >= 0.6 is 23.9 Å². The van der Waals surface area contributed by atoms with Gasteiger partial charge in [-0.15, -0.1) is 3.89 Å². The first-order valence-corrected chi connectivity index (χ1v) is 12.4. The number of nitrogens with zero attached hydrogens (tertiary/aromatic N) is 5. The Bertz CT molecular complexity index is 1320. The minimum atomic E-state index is -0.396. The lowest BCUT2D eigenvalue weighted by atomic mass is 10.0. The van der Waals surface area contributed by atoms with Gasteiger partial charge in [-0.2, -0.15) is 5.26 Å². The van der Waals surface area contributed by atoms with E-state index < -0.39 is 5.91 Å². The van der Waals surface area contributed by atoms with E-state index in [-0.39, 0.29) is 52.4 Å². The SMILES string of the molecule is CC.CC(C)NC(=O)c1cn(SF)c2ncc(C(=N)c3ccc(Cl)cc3N)nc12.N#CC1CN(C=O)C1. The van der Waals surface area contributed by atoms with Gasteiger partial charge in [-0.3, -0.25) is 15.0 Å². The molecular formula is C24H28ClFN8O2S. The third-order valence-corrected chi connectivity index (χ3v) is 5.64. The quantitative estimate of drug-likeness (QED) is 0.237. The lowest BCUT2D eigenvalue weighted by Crippen LogP contribution is -2.44. The van der Waals surface area contributed by atoms with E-state index in [0.29, 0.717) is 29.4 Å². The Morgan fingerprint density at radius 3 is 2.59 bits per heavy atom. The summed E-state index contributed by atoms with van der Waals surface area (Å²) in [6.07, 6.45) is 3.44. The van der Waals surface area contributed by atoms with Crippen molar-refractivity contribution in [2.45, 2.75) is 33.7 Å². The number of rotatable bonds is 6. The molecule has 10 nitrogen and oxygen atoms in total. The third-order valence-electron chi connectivity index (χ3n) is 4.98. The number of likely N-dealkylation sites (tertiary alicyclic amines) is 1. The molecule has 1 saturated heterocycles. The highest BCUT2D eigenvalue weighted by Crippen LogP contribution is 2.25. The van der Waals surface area contributed by atoms with E-state index in [2.05, 4.69) is 21.4 Å². The molecule has 13 heteroatoms. The van der Waals surface area contributed by atoms with Gasteiger partial charge < -0.3 is 16.0 Å². The molecule has 0 spiro atoms. The number of fused-ring (bicyclic) bond motifs is 1. The number of nitrogens with two attached hydrogens (primary N) is 1. The van der Waals surface area contributed by atoms with Crippen LogP contribution in [0.2, 0.25) is 5.02 Å². The Labute approximate surface area is 223 Å². The summed E-state index contributed by atoms with van der Waals surface area (Å²) in [7, 11) is 0. The molecule has 37 heavy (non-hydrogen) atoms. The van der Waals surface area contributed by atoms with Gasteiger partial charge in [0.2, 0.25) is 6.41 Å². The van der Waals surface area contributed by atoms with Crippen LogP contribution in [0.25, 0.3) is 11.2 Å². The summed E-state index contributed by atoms with van der Waals surface area (Å²) < 4.78 is 14.3. The number of anilines is 1. The number of halogens is 2. The minimum Gasteiger partial charge on any atom is -0.398 e. The largest absolute Gasteiger partial charge is 0.398 e. The number of hydrogen-bond acceptors (Lipinski definition) is 8. The number of carbonyl (C=O) groups excluding carboxylic acids is 2. The van der Waals surface area contributed by atoms with Crippen LogP contribution in [0.15, 0.2) is 30.6 Å². The Balaban J connectivity index is 0.000000406. The van der Waals surface area contributed by atoms with Crippen LogP contribution in [0.4, 0.5) is 9.57 Å². The van der Waals surface area contributed by atoms with Crippen molar-refractivity contribution in [2.75, 3.05) is 18.8 Å². The van der Waals surface area contributed by atoms with Gasteiger partial charge in [0.25, 0.3) is 5.91 Å². The molecule has 2 amide bonds. The van der Waals surface area contributed by atoms with Crippen molar-refractivity contribution < 1.29 is 13.5 Å². The smallest absolute Gasteiger partial charge is 0.255 e. The molecule has 2 aromatic heterocycles. The van der Waals surface area contributed by atoms with Gasteiger partial charge in [0, 0.05) is 41.6 Å². The van der Waals surface area contributed by atoms with Gasteiger partial charge in [-0.25, -0.2) is 13.9 Å². The fourth-order valence-corrected chi connectivity index (χ4v) is 3.75. The van der Waals surface area contributed by atoms with E-state index in [9.17, 15) is 13.5 Å². The molecule has 4 N–H and O–H groups in total. The normalized spacial score (nSPS) is 12.4. The molecule has 3 aromatic rings. The van der Waals surface area contributed by atoms with E-state index in [1.807, 2.05) is 27.7 Å². The van der Waals surface area contributed by atoms with Crippen LogP contribution in [0.3, 0.4) is 0 Å². The van der Waals surface area contributed by atoms with Gasteiger partial charge in [0.05, 0.1) is 29.5 Å². The number of hydrogen-bond donors (Lipinski definition) is 3. The molecule has 1 aromatic carbocycles. The average Bonchev–Trinajstić information content (AvgIpc) is 3.23. The number of benzene rings is 1. The van der Waals surface area contributed by atoms with Crippen molar-refractivity contribution >= 4 is 58.8 Å². The maximum atomic E-state index is 13.2. The van der Waals surface area contributed by atoms with Crippen molar-refractivity contribution in [1.29, 1.82) is 10.7 Å². The molecule has 3 heterocycles. The van der Waals surface area contributed by atoms with Crippen molar-refractivity contribution in [2.24, 2.45) is 5.92 Å². The first-order valence-electron chi connectivity index (χ1n) is 11.4. The molecule has 0 saturated carbocycles. The molecule has 1 aliphatic rings. The topological polar surface area (TPSA) is 154 Å². The summed E-state index contributed by atoms with van der Waals surface area (Å²) in [5.41, 5.74) is 7.49. The van der Waals surface area contributed by atoms with Crippen molar-refractivity contribution in [3.63, 3.8) is 0 Å². The lowest BCUT2D eigenvalue weighted by Gasteiger charge is -2.31. The predicted molar refractivity (Wildman–Crippen MR) is 144 cm³/mol. The molecule has 4 rings (SSSR count). The minimum absolute atomic E-state index is 0.0226. The second kappa shape index (κ2) is 13.6. The first-order chi connectivity index (χ1) is 17.7. The van der Waals surface area contributed by atoms with Crippen LogP contribution in [0.5, 0.6) is 0 Å². The van der Waals surface area contributed by atoms with Gasteiger partial charge in [-0.05, 0) is 32.0 Å². The summed E-state index contributed by atoms with van der Waals surface area (Å²) in [6.45, 7) is 8.88. The van der Waals surface area contributed by atoms with Crippen LogP contribution in [-0.4, -0.2) is 56.0 Å². The fourth-order valence-electron chi connectivity index (χ4n) is 3.22. The van der Waals surface area contributed by atoms with Crippen molar-refractivity contribution in [1.82, 2.24) is 24.2 Å². The number of carbonyl (C=O) groups is 2. The Morgan fingerprint density at radius 2 is 2.05 bits per heavy atom. The van der Waals surface area contributed by atoms with Crippen molar-refractivity contribution in [3.05, 3.63) is 52.4 Å². The molecule has 0 atom stereocenters. The number of amides is 2. The van der Waals surface area contributed by atoms with E-state index >= 15 is 0 Å². The Hall–Kier alpha value is -3.69. The number of aromatic nitrogens is 3. The zero-order valence-corrected chi connectivity index (χ0v) is 22.4. The molecule has 0 unspecified atom stereocenters. The maximum Gasteiger partial charge on any atom is 0.255 e. The molecule has 1 aliphatic heterocycles. The van der Waals surface area contributed by atoms with E-state index in [1.165, 1.54) is 18.5 Å². The van der Waals surface area contributed by atoms with Crippen LogP contribution < -0.4 is 11.1 Å². The lowest BCUT2D eigenvalue weighted by molar-refractivity contribution is -0.122. The second-order valence-electron chi connectivity index (χ2n) is 7.99. The average molecular weight is 547 g/mol. The summed E-state index contributed by atoms with van der Waals surface area (Å²) in [4.78, 5) is 32.4. The number of nitrogen functional groups attached to an aromatic ring is 1. The molecule has 196 valence electrons. The summed E-state index contributed by atoms with van der Waals surface area (Å²) >= 11 is 5.81. The summed E-state index contributed by atoms with van der Waals surface area (Å²) in [5, 5.41) is 19.8. The zero-order valence-electron chi connectivity index (χ0n) is 20.8. The molecule has 0 bridgehead atoms. The van der Waals surface area contributed by atoms with E-state index in [0.717, 1.165) is 10.4 Å². The zero-order chi connectivity index (χ0) is 27.7. The van der Waals surface area contributed by atoms with Crippen LogP contribution in [-0.2, 0) is 4.79 Å². The molecule has 0 radical (unpaired) electrons. The number of nitrogens with one attached hydrogen (secondary N) is 2. The highest BCUT2D eigenvalue weighted by atomic mass is 35.5. The number of nitriles is 1. The van der Waals surface area contributed by atoms with E-state index in [1.54, 1.807) is 17.0 Å². The Kier molecular flexibility index (Phi) is 10.8. The van der Waals surface area contributed by atoms with Crippen LogP contribution in [0, 0.1) is 22.7 Å². The van der Waals surface area contributed by atoms with Gasteiger partial charge in [0.15, 0.2) is 18.0 Å². The standard InChI is InChI=1S/C17H16ClFN6OS.C5H6N2O.C2H6/c1-8(2)23-17(26)11-7-25(27-19)16-15(11)24-13(6-22-16)14(21)10-4-3-9(18)5-12(10)20;6-1-5-2-7(3-5)4-8;1-2/h3-8,21H,20H2,1-2H3,(H,23,26);4-5H,2-3H2;1-2H3. The second-order valence-corrected chi connectivity index (χ2v) is 8.95. The highest BCUT2D eigenvalue weighted by molar-refractivity contribution is 7.92. The molecule has 0 aliphatic carbocycles. The molecular weight excluding hydrogens is 519 g/mol. The van der Waals surface area contributed by atoms with Gasteiger partial charge in [-0.1, -0.05) is 25.4 Å². The summed E-state index contributed by atoms with van der Waals surface area (Å²) in [5.74, 6) is -0.299. The monoisotopic (exact) mass is 546 g/mol. The van der Waals surface area contributed by atoms with Gasteiger partial charge >= 0.3 is 0 Å². The maximum absolute atomic E-state index is 13.2. The predicted octanol–water partition coefficient (Wildman–Crippen LogP) is 4.23. The summed E-state index contributed by atoms with van der Waals surface area (Å²) in [6, 6.07) is 6.73. The molecule has 1 fully saturated rings. The highest BCUT2D eigenvalue weighted by Gasteiger charge is 2.24. The van der Waals surface area contributed by atoms with Crippen LogP contribution in [0.1, 0.15) is 49.3 Å². The van der Waals surface area contributed by atoms with E-state index in [4.69, 9.17) is 28.0 Å². The first kappa shape index (κ1) is 29.5. The third kappa shape index (κ3) is 7.18. The fraction of sp³-hybridized carbons (Fsp3) is 0.333. The van der Waals surface area contributed by atoms with Gasteiger partial charge in [0.1, 0.15) is 11.2 Å². The Morgan fingerprint density at radius 1 is 1.38 bits per heavy atom. The van der Waals surface area contributed by atoms with Crippen molar-refractivity contribution in [3.8, 4) is 6.07 Å².